The zero-order valence-corrected chi connectivity index (χ0v) is 16.1. The molecule has 0 atom stereocenters. The Morgan fingerprint density at radius 3 is 2.81 bits per heavy atom. The molecule has 4 aromatic rings. The molecule has 0 aliphatic rings. The second-order valence-electron chi connectivity index (χ2n) is 6.40. The molecule has 1 N–H and O–H groups in total. The highest BCUT2D eigenvalue weighted by atomic mass is 32.1. The van der Waals surface area contributed by atoms with Gasteiger partial charge in [0.2, 0.25) is 0 Å². The summed E-state index contributed by atoms with van der Waals surface area (Å²) in [6, 6.07) is 13.7. The van der Waals surface area contributed by atoms with Gasteiger partial charge in [0.05, 0.1) is 26.2 Å². The summed E-state index contributed by atoms with van der Waals surface area (Å²) in [4.78, 5) is 18.9. The van der Waals surface area contributed by atoms with Crippen LogP contribution in [0.1, 0.15) is 23.5 Å². The van der Waals surface area contributed by atoms with Crippen LogP contribution in [0, 0.1) is 5.92 Å². The number of carbonyl (C=O) groups excluding carboxylic acids is 1. The summed E-state index contributed by atoms with van der Waals surface area (Å²) in [6.45, 7) is 5.01. The van der Waals surface area contributed by atoms with Gasteiger partial charge in [-0.15, -0.1) is 22.7 Å². The van der Waals surface area contributed by atoms with Gasteiger partial charge < -0.3 is 5.32 Å². The van der Waals surface area contributed by atoms with Crippen molar-refractivity contribution in [2.24, 2.45) is 5.92 Å². The molecule has 0 radical (unpaired) electrons. The summed E-state index contributed by atoms with van der Waals surface area (Å²) in [5, 5.41) is 8.18. The molecule has 0 bridgehead atoms. The molecule has 0 aliphatic heterocycles. The number of rotatable bonds is 5. The Hall–Kier alpha value is -2.51. The van der Waals surface area contributed by atoms with Crippen molar-refractivity contribution >= 4 is 44.6 Å². The van der Waals surface area contributed by atoms with Crippen molar-refractivity contribution in [1.82, 2.24) is 14.8 Å². The minimum Gasteiger partial charge on any atom is -0.306 e. The molecular weight excluding hydrogens is 364 g/mol. The van der Waals surface area contributed by atoms with Crippen molar-refractivity contribution in [2.45, 2.75) is 20.4 Å². The second-order valence-corrected chi connectivity index (χ2v) is 8.51. The maximum Gasteiger partial charge on any atom is 0.266 e. The van der Waals surface area contributed by atoms with Gasteiger partial charge >= 0.3 is 0 Å². The minimum absolute atomic E-state index is 0.118. The molecule has 0 saturated heterocycles. The Bertz CT molecular complexity index is 1030. The van der Waals surface area contributed by atoms with Gasteiger partial charge in [-0.05, 0) is 30.2 Å². The Balaban J connectivity index is 1.54. The molecule has 3 aromatic heterocycles. The van der Waals surface area contributed by atoms with Gasteiger partial charge in [-0.1, -0.05) is 26.0 Å². The number of amides is 1. The van der Waals surface area contributed by atoms with E-state index in [1.54, 1.807) is 17.5 Å². The highest BCUT2D eigenvalue weighted by molar-refractivity contribution is 7.26. The molecule has 0 aliphatic carbocycles. The van der Waals surface area contributed by atoms with E-state index in [1.165, 1.54) is 11.3 Å². The number of aromatic nitrogens is 3. The first-order valence-corrected chi connectivity index (χ1v) is 10.0. The third-order valence-corrected chi connectivity index (χ3v) is 6.12. The fourth-order valence-electron chi connectivity index (χ4n) is 2.66. The van der Waals surface area contributed by atoms with Gasteiger partial charge in [0.15, 0.2) is 0 Å². The van der Waals surface area contributed by atoms with Crippen LogP contribution in [0.15, 0.2) is 48.7 Å². The lowest BCUT2D eigenvalue weighted by molar-refractivity contribution is 0.102. The zero-order valence-electron chi connectivity index (χ0n) is 14.5. The third kappa shape index (κ3) is 3.40. The van der Waals surface area contributed by atoms with Gasteiger partial charge in [0.25, 0.3) is 5.91 Å². The first-order valence-electron chi connectivity index (χ1n) is 8.39. The van der Waals surface area contributed by atoms with Crippen molar-refractivity contribution in [2.75, 3.05) is 5.32 Å². The normalized spacial score (nSPS) is 11.3. The van der Waals surface area contributed by atoms with E-state index in [0.717, 1.165) is 32.5 Å². The molecular formula is C19H18N4OS2. The summed E-state index contributed by atoms with van der Waals surface area (Å²) in [7, 11) is 0. The van der Waals surface area contributed by atoms with Crippen molar-refractivity contribution in [3.63, 3.8) is 0 Å². The summed E-state index contributed by atoms with van der Waals surface area (Å²) in [5.41, 5.74) is 0.990. The minimum atomic E-state index is -0.118. The highest BCUT2D eigenvalue weighted by Gasteiger charge is 2.15. The maximum atomic E-state index is 12.6. The van der Waals surface area contributed by atoms with Crippen LogP contribution < -0.4 is 5.32 Å². The van der Waals surface area contributed by atoms with Crippen LogP contribution in [-0.2, 0) is 6.54 Å². The first-order chi connectivity index (χ1) is 12.6. The largest absolute Gasteiger partial charge is 0.306 e. The lowest BCUT2D eigenvalue weighted by Gasteiger charge is -2.10. The van der Waals surface area contributed by atoms with Crippen LogP contribution in [0.25, 0.3) is 20.1 Å². The van der Waals surface area contributed by atoms with Gasteiger partial charge in [-0.2, -0.15) is 5.10 Å². The summed E-state index contributed by atoms with van der Waals surface area (Å²) < 4.78 is 2.98. The molecule has 0 fully saturated rings. The topological polar surface area (TPSA) is 59.8 Å². The van der Waals surface area contributed by atoms with Crippen molar-refractivity contribution in [3.05, 3.63) is 53.5 Å². The average Bonchev–Trinajstić information content (AvgIpc) is 3.33. The van der Waals surface area contributed by atoms with E-state index >= 15 is 0 Å². The Morgan fingerprint density at radius 1 is 1.15 bits per heavy atom. The summed E-state index contributed by atoms with van der Waals surface area (Å²) >= 11 is 3.10. The molecule has 1 aromatic carbocycles. The smallest absolute Gasteiger partial charge is 0.266 e. The zero-order chi connectivity index (χ0) is 18.1. The van der Waals surface area contributed by atoms with Crippen LogP contribution in [0.5, 0.6) is 0 Å². The van der Waals surface area contributed by atoms with Gasteiger partial charge in [0.1, 0.15) is 10.8 Å². The Morgan fingerprint density at radius 2 is 2.00 bits per heavy atom. The van der Waals surface area contributed by atoms with E-state index in [4.69, 9.17) is 0 Å². The highest BCUT2D eigenvalue weighted by Crippen LogP contribution is 2.34. The fraction of sp³-hybridized carbons (Fsp3) is 0.211. The molecule has 0 unspecified atom stereocenters. The number of hydrogen-bond donors (Lipinski definition) is 1. The molecule has 132 valence electrons. The fourth-order valence-corrected chi connectivity index (χ4v) is 4.58. The molecule has 4 rings (SSSR count). The van der Waals surface area contributed by atoms with Crippen LogP contribution in [0.2, 0.25) is 0 Å². The van der Waals surface area contributed by atoms with Crippen LogP contribution >= 0.6 is 22.7 Å². The van der Waals surface area contributed by atoms with E-state index in [-0.39, 0.29) is 5.91 Å². The average molecular weight is 383 g/mol. The van der Waals surface area contributed by atoms with Gasteiger partial charge in [-0.3, -0.25) is 4.79 Å². The number of hydrogen-bond acceptors (Lipinski definition) is 5. The second kappa shape index (κ2) is 7.01. The number of carbonyl (C=O) groups is 1. The number of thiazole rings is 1. The van der Waals surface area contributed by atoms with E-state index in [0.29, 0.717) is 10.8 Å². The number of fused-ring (bicyclic) bond motifs is 1. The number of thiophene rings is 1. The number of nitrogens with one attached hydrogen (secondary N) is 1. The number of anilines is 1. The molecule has 26 heavy (non-hydrogen) atoms. The molecule has 3 heterocycles. The lowest BCUT2D eigenvalue weighted by atomic mass is 10.2. The van der Waals surface area contributed by atoms with E-state index in [9.17, 15) is 4.79 Å². The lowest BCUT2D eigenvalue weighted by Crippen LogP contribution is -2.16. The number of benzene rings is 1. The van der Waals surface area contributed by atoms with Crippen molar-refractivity contribution in [3.8, 4) is 9.88 Å². The first kappa shape index (κ1) is 16.9. The number of nitrogens with zero attached hydrogens (tertiary/aromatic N) is 3. The quantitative estimate of drug-likeness (QED) is 0.520. The summed E-state index contributed by atoms with van der Waals surface area (Å²) in [5.74, 6) is 1.06. The van der Waals surface area contributed by atoms with E-state index in [1.807, 2.05) is 41.1 Å². The maximum absolute atomic E-state index is 12.6. The van der Waals surface area contributed by atoms with Crippen molar-refractivity contribution < 1.29 is 4.79 Å². The van der Waals surface area contributed by atoms with Crippen molar-refractivity contribution in [1.29, 1.82) is 0 Å². The molecule has 0 saturated carbocycles. The SMILES string of the molecule is CC(C)Cn1nccc1NC(=O)c1ccc(-c2nc3ccccc3s2)s1. The summed E-state index contributed by atoms with van der Waals surface area (Å²) in [6.07, 6.45) is 1.71. The standard InChI is InChI=1S/C19H18N4OS2/c1-12(2)11-23-17(9-10-20-23)22-18(24)15-7-8-16(25-15)19-21-13-5-3-4-6-14(13)26-19/h3-10,12H,11H2,1-2H3,(H,22,24). The third-order valence-electron chi connectivity index (χ3n) is 3.83. The molecule has 0 spiro atoms. The van der Waals surface area contributed by atoms with Crippen LogP contribution in [0.3, 0.4) is 0 Å². The van der Waals surface area contributed by atoms with Gasteiger partial charge in [-0.25, -0.2) is 9.67 Å². The molecule has 5 nitrogen and oxygen atoms in total. The van der Waals surface area contributed by atoms with E-state index in [2.05, 4.69) is 35.3 Å². The van der Waals surface area contributed by atoms with E-state index < -0.39 is 0 Å². The predicted octanol–water partition coefficient (Wildman–Crippen LogP) is 5.13. The Labute approximate surface area is 159 Å². The van der Waals surface area contributed by atoms with Crippen LogP contribution in [0.4, 0.5) is 5.82 Å². The predicted molar refractivity (Wildman–Crippen MR) is 108 cm³/mol. The van der Waals surface area contributed by atoms with Gasteiger partial charge in [0, 0.05) is 12.6 Å². The Kier molecular flexibility index (Phi) is 4.57. The monoisotopic (exact) mass is 382 g/mol. The molecule has 7 heteroatoms. The number of para-hydroxylation sites is 1. The molecule has 1 amide bonds. The van der Waals surface area contributed by atoms with Crippen LogP contribution in [-0.4, -0.2) is 20.7 Å².